The van der Waals surface area contributed by atoms with Crippen molar-refractivity contribution in [1.29, 1.82) is 0 Å². The summed E-state index contributed by atoms with van der Waals surface area (Å²) in [7, 11) is 0. The molecule has 1 N–H and O–H groups in total. The minimum absolute atomic E-state index is 0.0477. The van der Waals surface area contributed by atoms with Gasteiger partial charge in [0.05, 0.1) is 5.25 Å². The van der Waals surface area contributed by atoms with Crippen molar-refractivity contribution >= 4 is 17.7 Å². The van der Waals surface area contributed by atoms with Crippen LogP contribution in [0.1, 0.15) is 38.8 Å². The second-order valence-corrected chi connectivity index (χ2v) is 7.96. The number of aryl methyl sites for hydroxylation is 2. The minimum Gasteiger partial charge on any atom is -0.411 e. The number of nitrogens with zero attached hydrogens (tertiary/aromatic N) is 2. The zero-order valence-electron chi connectivity index (χ0n) is 14.4. The highest BCUT2D eigenvalue weighted by Crippen LogP contribution is 2.27. The lowest BCUT2D eigenvalue weighted by Crippen LogP contribution is -2.44. The van der Waals surface area contributed by atoms with Crippen molar-refractivity contribution in [3.63, 3.8) is 0 Å². The average Bonchev–Trinajstić information content (AvgIpc) is 2.88. The summed E-state index contributed by atoms with van der Waals surface area (Å²) in [6.45, 7) is 11.8. The molecule has 0 radical (unpaired) electrons. The highest BCUT2D eigenvalue weighted by atomic mass is 32.2. The Morgan fingerprint density at radius 3 is 2.52 bits per heavy atom. The van der Waals surface area contributed by atoms with Crippen LogP contribution in [-0.2, 0) is 4.79 Å². The van der Waals surface area contributed by atoms with E-state index in [2.05, 4.69) is 22.4 Å². The first-order valence-corrected chi connectivity index (χ1v) is 8.43. The largest absolute Gasteiger partial charge is 0.411 e. The van der Waals surface area contributed by atoms with Gasteiger partial charge in [-0.05, 0) is 64.8 Å². The second-order valence-electron chi connectivity index (χ2n) is 6.67. The molecule has 5 nitrogen and oxygen atoms in total. The van der Waals surface area contributed by atoms with Crippen LogP contribution in [0.5, 0.6) is 0 Å². The molecule has 1 aromatic heterocycles. The van der Waals surface area contributed by atoms with Crippen LogP contribution in [-0.4, -0.2) is 26.9 Å². The Bertz CT molecular complexity index is 704. The summed E-state index contributed by atoms with van der Waals surface area (Å²) in [5, 5.41) is 11.1. The van der Waals surface area contributed by atoms with E-state index >= 15 is 0 Å². The number of benzene rings is 1. The minimum atomic E-state index is -0.303. The van der Waals surface area contributed by atoms with Crippen molar-refractivity contribution in [1.82, 2.24) is 15.5 Å². The van der Waals surface area contributed by atoms with Gasteiger partial charge in [0.2, 0.25) is 11.8 Å². The highest BCUT2D eigenvalue weighted by Gasteiger charge is 2.22. The maximum absolute atomic E-state index is 12.1. The van der Waals surface area contributed by atoms with Gasteiger partial charge in [-0.3, -0.25) is 4.79 Å². The van der Waals surface area contributed by atoms with E-state index in [4.69, 9.17) is 4.42 Å². The van der Waals surface area contributed by atoms with Gasteiger partial charge < -0.3 is 9.73 Å². The number of hydrogen-bond donors (Lipinski definition) is 1. The van der Waals surface area contributed by atoms with Gasteiger partial charge in [-0.1, -0.05) is 17.8 Å². The van der Waals surface area contributed by atoms with Crippen LogP contribution in [0.25, 0.3) is 11.5 Å². The van der Waals surface area contributed by atoms with Gasteiger partial charge >= 0.3 is 0 Å². The molecule has 1 atom stereocenters. The van der Waals surface area contributed by atoms with Crippen molar-refractivity contribution in [3.05, 3.63) is 29.3 Å². The molecule has 0 aliphatic rings. The van der Waals surface area contributed by atoms with Crippen molar-refractivity contribution in [2.24, 2.45) is 0 Å². The van der Waals surface area contributed by atoms with E-state index in [1.165, 1.54) is 22.9 Å². The Labute approximate surface area is 141 Å². The Hall–Kier alpha value is -1.82. The third-order valence-electron chi connectivity index (χ3n) is 3.31. The molecule has 2 rings (SSSR count). The first-order chi connectivity index (χ1) is 10.7. The third kappa shape index (κ3) is 4.82. The van der Waals surface area contributed by atoms with Crippen molar-refractivity contribution in [2.45, 2.75) is 57.6 Å². The molecule has 0 bridgehead atoms. The number of nitrogens with one attached hydrogen (secondary N) is 1. The lowest BCUT2D eigenvalue weighted by molar-refractivity contribution is -0.121. The molecule has 1 amide bonds. The summed E-state index contributed by atoms with van der Waals surface area (Å²) in [5.41, 5.74) is 3.02. The lowest BCUT2D eigenvalue weighted by Gasteiger charge is -2.22. The third-order valence-corrected chi connectivity index (χ3v) is 4.24. The average molecular weight is 333 g/mol. The fourth-order valence-electron chi connectivity index (χ4n) is 1.92. The van der Waals surface area contributed by atoms with Gasteiger partial charge in [-0.25, -0.2) is 0 Å². The normalized spacial score (nSPS) is 13.0. The van der Waals surface area contributed by atoms with Crippen molar-refractivity contribution < 1.29 is 9.21 Å². The molecule has 1 heterocycles. The van der Waals surface area contributed by atoms with Crippen molar-refractivity contribution in [3.8, 4) is 11.5 Å². The van der Waals surface area contributed by atoms with Gasteiger partial charge in [0, 0.05) is 11.1 Å². The van der Waals surface area contributed by atoms with Gasteiger partial charge in [0.1, 0.15) is 0 Å². The van der Waals surface area contributed by atoms with Crippen LogP contribution in [0, 0.1) is 13.8 Å². The molecular weight excluding hydrogens is 310 g/mol. The number of thioether (sulfide) groups is 1. The topological polar surface area (TPSA) is 68.0 Å². The molecule has 0 saturated heterocycles. The molecule has 6 heteroatoms. The Balaban J connectivity index is 2.07. The van der Waals surface area contributed by atoms with Gasteiger partial charge in [-0.2, -0.15) is 0 Å². The van der Waals surface area contributed by atoms with E-state index in [-0.39, 0.29) is 16.7 Å². The van der Waals surface area contributed by atoms with Gasteiger partial charge in [0.25, 0.3) is 5.22 Å². The smallest absolute Gasteiger partial charge is 0.277 e. The number of rotatable bonds is 4. The van der Waals surface area contributed by atoms with E-state index in [1.54, 1.807) is 0 Å². The summed E-state index contributed by atoms with van der Waals surface area (Å²) >= 11 is 1.26. The van der Waals surface area contributed by atoms with E-state index in [9.17, 15) is 4.79 Å². The predicted octanol–water partition coefficient (Wildman–Crippen LogP) is 3.75. The van der Waals surface area contributed by atoms with E-state index in [1.807, 2.05) is 52.8 Å². The summed E-state index contributed by atoms with van der Waals surface area (Å²) in [4.78, 5) is 12.1. The van der Waals surface area contributed by atoms with Crippen molar-refractivity contribution in [2.75, 3.05) is 0 Å². The van der Waals surface area contributed by atoms with Crippen LogP contribution in [0.15, 0.2) is 27.8 Å². The Morgan fingerprint density at radius 1 is 1.22 bits per heavy atom. The molecule has 0 aliphatic heterocycles. The molecular formula is C17H23N3O2S. The molecule has 0 spiro atoms. The second kappa shape index (κ2) is 6.74. The SMILES string of the molecule is Cc1ccc(-c2nnc(S[C@@H](C)C(=O)NC(C)(C)C)o2)cc1C. The molecule has 124 valence electrons. The number of carbonyl (C=O) groups excluding carboxylic acids is 1. The van der Waals surface area contributed by atoms with E-state index in [0.717, 1.165) is 5.56 Å². The molecule has 2 aromatic rings. The number of aromatic nitrogens is 2. The molecule has 0 aliphatic carbocycles. The quantitative estimate of drug-likeness (QED) is 0.863. The van der Waals surface area contributed by atoms with Crippen LogP contribution in [0.3, 0.4) is 0 Å². The van der Waals surface area contributed by atoms with E-state index < -0.39 is 0 Å². The highest BCUT2D eigenvalue weighted by molar-refractivity contribution is 8.00. The van der Waals surface area contributed by atoms with Crippen LogP contribution in [0.2, 0.25) is 0 Å². The van der Waals surface area contributed by atoms with Crippen LogP contribution < -0.4 is 5.32 Å². The fraction of sp³-hybridized carbons (Fsp3) is 0.471. The zero-order chi connectivity index (χ0) is 17.2. The monoisotopic (exact) mass is 333 g/mol. The first-order valence-electron chi connectivity index (χ1n) is 7.55. The van der Waals surface area contributed by atoms with E-state index in [0.29, 0.717) is 11.1 Å². The molecule has 1 aromatic carbocycles. The summed E-state index contributed by atoms with van der Waals surface area (Å²) in [6.07, 6.45) is 0. The Kier molecular flexibility index (Phi) is 5.14. The molecule has 0 saturated carbocycles. The lowest BCUT2D eigenvalue weighted by atomic mass is 10.1. The molecule has 0 unspecified atom stereocenters. The number of hydrogen-bond acceptors (Lipinski definition) is 5. The van der Waals surface area contributed by atoms with Gasteiger partial charge in [0.15, 0.2) is 0 Å². The number of amides is 1. The molecule has 0 fully saturated rings. The number of carbonyl (C=O) groups is 1. The maximum atomic E-state index is 12.1. The first kappa shape index (κ1) is 17.5. The summed E-state index contributed by atoms with van der Waals surface area (Å²) in [5.74, 6) is 0.424. The van der Waals surface area contributed by atoms with Crippen LogP contribution >= 0.6 is 11.8 Å². The fourth-order valence-corrected chi connectivity index (χ4v) is 2.61. The molecule has 23 heavy (non-hydrogen) atoms. The Morgan fingerprint density at radius 2 is 1.91 bits per heavy atom. The van der Waals surface area contributed by atoms with Crippen LogP contribution in [0.4, 0.5) is 0 Å². The summed E-state index contributed by atoms with van der Waals surface area (Å²) < 4.78 is 5.68. The summed E-state index contributed by atoms with van der Waals surface area (Å²) in [6, 6.07) is 6.01. The maximum Gasteiger partial charge on any atom is 0.277 e. The standard InChI is InChI=1S/C17H23N3O2S/c1-10-7-8-13(9-11(10)2)15-19-20-16(22-15)23-12(3)14(21)18-17(4,5)6/h7-9,12H,1-6H3,(H,18,21)/t12-/m0/s1. The predicted molar refractivity (Wildman–Crippen MR) is 92.4 cm³/mol. The zero-order valence-corrected chi connectivity index (χ0v) is 15.2. The van der Waals surface area contributed by atoms with Gasteiger partial charge in [-0.15, -0.1) is 10.2 Å².